The van der Waals surface area contributed by atoms with Crippen molar-refractivity contribution in [3.8, 4) is 0 Å². The maximum absolute atomic E-state index is 13.8. The number of H-pyrrole nitrogens is 1. The molecule has 0 radical (unpaired) electrons. The zero-order chi connectivity index (χ0) is 22.8. The van der Waals surface area contributed by atoms with Gasteiger partial charge in [-0.3, -0.25) is 9.59 Å². The molecule has 3 rings (SSSR count). The first-order chi connectivity index (χ1) is 14.7. The fraction of sp³-hybridized carbons (Fsp3) is 0.500. The number of fused-ring (bicyclic) bond motifs is 1. The molecule has 2 heterocycles. The van der Waals surface area contributed by atoms with E-state index >= 15 is 0 Å². The highest BCUT2D eigenvalue weighted by molar-refractivity contribution is 6.06. The molecule has 2 aromatic rings. The van der Waals surface area contributed by atoms with Gasteiger partial charge >= 0.3 is 0 Å². The van der Waals surface area contributed by atoms with Crippen LogP contribution < -0.4 is 10.6 Å². The Morgan fingerprint density at radius 2 is 1.94 bits per heavy atom. The zero-order valence-electron chi connectivity index (χ0n) is 19.1. The van der Waals surface area contributed by atoms with Gasteiger partial charge in [0.1, 0.15) is 5.82 Å². The van der Waals surface area contributed by atoms with E-state index in [1.807, 2.05) is 20.8 Å². The number of carbonyl (C=O) groups excluding carboxylic acids is 2. The summed E-state index contributed by atoms with van der Waals surface area (Å²) < 4.78 is 13.8. The fourth-order valence-corrected chi connectivity index (χ4v) is 4.45. The van der Waals surface area contributed by atoms with Gasteiger partial charge in [0, 0.05) is 30.2 Å². The predicted molar refractivity (Wildman–Crippen MR) is 121 cm³/mol. The average Bonchev–Trinajstić information content (AvgIpc) is 3.16. The molecule has 1 aliphatic heterocycles. The third-order valence-electron chi connectivity index (χ3n) is 6.58. The Balaban J connectivity index is 1.71. The summed E-state index contributed by atoms with van der Waals surface area (Å²) in [4.78, 5) is 31.0. The monoisotopic (exact) mass is 428 g/mol. The van der Waals surface area contributed by atoms with Gasteiger partial charge in [0.05, 0.1) is 11.0 Å². The Kier molecular flexibility index (Phi) is 6.84. The van der Waals surface area contributed by atoms with E-state index in [1.165, 1.54) is 12.1 Å². The first kappa shape index (κ1) is 23.0. The molecule has 1 aromatic heterocycles. The number of rotatable bonds is 9. The van der Waals surface area contributed by atoms with E-state index in [9.17, 15) is 14.0 Å². The van der Waals surface area contributed by atoms with E-state index in [0.29, 0.717) is 36.2 Å². The Labute approximate surface area is 183 Å². The second-order valence-corrected chi connectivity index (χ2v) is 8.49. The van der Waals surface area contributed by atoms with Crippen LogP contribution in [0.2, 0.25) is 0 Å². The quantitative estimate of drug-likeness (QED) is 0.570. The number of halogens is 1. The molecule has 1 unspecified atom stereocenters. The number of aromatic amines is 1. The number of aromatic nitrogens is 1. The molecule has 1 atom stereocenters. The SMILES string of the molecule is CCN(CC)CCNC(=O)c1c(C)[nH]c(CCC2(C)C(=O)Nc3ccc(F)cc32)c1C. The number of hydrogen-bond donors (Lipinski definition) is 3. The molecule has 1 aromatic carbocycles. The molecule has 0 aliphatic carbocycles. The maximum Gasteiger partial charge on any atom is 0.253 e. The van der Waals surface area contributed by atoms with Crippen LogP contribution in [0.1, 0.15) is 60.1 Å². The van der Waals surface area contributed by atoms with Crippen molar-refractivity contribution in [2.45, 2.75) is 52.9 Å². The standard InChI is InChI=1S/C24H33FN4O2/c1-6-29(7-2)13-12-26-22(30)21-15(3)19(27-16(21)4)10-11-24(5)18-14-17(25)8-9-20(18)28-23(24)31/h8-9,14,27H,6-7,10-13H2,1-5H3,(H,26,30)(H,28,31). The van der Waals surface area contributed by atoms with Crippen molar-refractivity contribution in [2.24, 2.45) is 0 Å². The van der Waals surface area contributed by atoms with Gasteiger partial charge in [-0.2, -0.15) is 0 Å². The molecule has 2 amide bonds. The smallest absolute Gasteiger partial charge is 0.253 e. The van der Waals surface area contributed by atoms with Gasteiger partial charge in [-0.25, -0.2) is 4.39 Å². The van der Waals surface area contributed by atoms with E-state index < -0.39 is 5.41 Å². The molecular formula is C24H33FN4O2. The molecule has 0 spiro atoms. The number of carbonyl (C=O) groups is 2. The second-order valence-electron chi connectivity index (χ2n) is 8.49. The molecular weight excluding hydrogens is 395 g/mol. The first-order valence-corrected chi connectivity index (χ1v) is 11.0. The number of amides is 2. The van der Waals surface area contributed by atoms with Crippen LogP contribution in [0.3, 0.4) is 0 Å². The minimum Gasteiger partial charge on any atom is -0.362 e. The molecule has 0 bridgehead atoms. The van der Waals surface area contributed by atoms with Crippen molar-refractivity contribution in [1.82, 2.24) is 15.2 Å². The predicted octanol–water partition coefficient (Wildman–Crippen LogP) is 3.68. The first-order valence-electron chi connectivity index (χ1n) is 11.0. The summed E-state index contributed by atoms with van der Waals surface area (Å²) in [6.45, 7) is 13.2. The minimum absolute atomic E-state index is 0.0816. The number of benzene rings is 1. The Hall–Kier alpha value is -2.67. The lowest BCUT2D eigenvalue weighted by Crippen LogP contribution is -2.35. The minimum atomic E-state index is -0.810. The maximum atomic E-state index is 13.8. The Bertz CT molecular complexity index is 980. The second kappa shape index (κ2) is 9.22. The molecule has 0 saturated carbocycles. The molecule has 7 heteroatoms. The van der Waals surface area contributed by atoms with Gasteiger partial charge in [-0.05, 0) is 76.0 Å². The van der Waals surface area contributed by atoms with E-state index in [-0.39, 0.29) is 17.6 Å². The third kappa shape index (κ3) is 4.51. The van der Waals surface area contributed by atoms with Crippen LogP contribution in [-0.4, -0.2) is 47.9 Å². The molecule has 6 nitrogen and oxygen atoms in total. The summed E-state index contributed by atoms with van der Waals surface area (Å²) in [5, 5.41) is 5.88. The number of likely N-dealkylation sites (N-methyl/N-ethyl adjacent to an activating group) is 1. The van der Waals surface area contributed by atoms with E-state index in [4.69, 9.17) is 0 Å². The lowest BCUT2D eigenvalue weighted by atomic mass is 9.79. The van der Waals surface area contributed by atoms with Crippen LogP contribution in [0.25, 0.3) is 0 Å². The summed E-state index contributed by atoms with van der Waals surface area (Å²) in [6.07, 6.45) is 1.10. The summed E-state index contributed by atoms with van der Waals surface area (Å²) in [6, 6.07) is 4.40. The number of aryl methyl sites for hydroxylation is 2. The summed E-state index contributed by atoms with van der Waals surface area (Å²) >= 11 is 0. The molecule has 3 N–H and O–H groups in total. The van der Waals surface area contributed by atoms with E-state index in [1.54, 1.807) is 6.07 Å². The van der Waals surface area contributed by atoms with E-state index in [0.717, 1.165) is 36.6 Å². The highest BCUT2D eigenvalue weighted by Crippen LogP contribution is 2.41. The normalized spacial score (nSPS) is 17.7. The van der Waals surface area contributed by atoms with Gasteiger partial charge in [0.15, 0.2) is 0 Å². The van der Waals surface area contributed by atoms with Crippen molar-refractivity contribution in [1.29, 1.82) is 0 Å². The van der Waals surface area contributed by atoms with Gasteiger partial charge in [-0.1, -0.05) is 13.8 Å². The Morgan fingerprint density at radius 1 is 1.23 bits per heavy atom. The van der Waals surface area contributed by atoms with Crippen LogP contribution in [-0.2, 0) is 16.6 Å². The zero-order valence-corrected chi connectivity index (χ0v) is 19.1. The topological polar surface area (TPSA) is 77.2 Å². The highest BCUT2D eigenvalue weighted by Gasteiger charge is 2.42. The van der Waals surface area contributed by atoms with Crippen LogP contribution in [0.4, 0.5) is 10.1 Å². The van der Waals surface area contributed by atoms with Gasteiger partial charge < -0.3 is 20.5 Å². The van der Waals surface area contributed by atoms with Gasteiger partial charge in [-0.15, -0.1) is 0 Å². The Morgan fingerprint density at radius 3 is 2.61 bits per heavy atom. The fourth-order valence-electron chi connectivity index (χ4n) is 4.45. The lowest BCUT2D eigenvalue weighted by molar-refractivity contribution is -0.120. The average molecular weight is 429 g/mol. The molecule has 0 saturated heterocycles. The van der Waals surface area contributed by atoms with Crippen molar-refractivity contribution in [3.63, 3.8) is 0 Å². The van der Waals surface area contributed by atoms with Crippen LogP contribution in [0, 0.1) is 19.7 Å². The molecule has 168 valence electrons. The van der Waals surface area contributed by atoms with Crippen molar-refractivity contribution < 1.29 is 14.0 Å². The molecule has 0 fully saturated rings. The largest absolute Gasteiger partial charge is 0.362 e. The molecule has 1 aliphatic rings. The summed E-state index contributed by atoms with van der Waals surface area (Å²) in [5.41, 5.74) is 3.87. The van der Waals surface area contributed by atoms with Gasteiger partial charge in [0.2, 0.25) is 5.91 Å². The van der Waals surface area contributed by atoms with Gasteiger partial charge in [0.25, 0.3) is 5.91 Å². The molecule has 31 heavy (non-hydrogen) atoms. The highest BCUT2D eigenvalue weighted by atomic mass is 19.1. The third-order valence-corrected chi connectivity index (χ3v) is 6.58. The van der Waals surface area contributed by atoms with Crippen LogP contribution in [0.15, 0.2) is 18.2 Å². The summed E-state index contributed by atoms with van der Waals surface area (Å²) in [5.74, 6) is -0.553. The van der Waals surface area contributed by atoms with Crippen molar-refractivity contribution >= 4 is 17.5 Å². The lowest BCUT2D eigenvalue weighted by Gasteiger charge is -2.22. The van der Waals surface area contributed by atoms with Crippen LogP contribution in [0.5, 0.6) is 0 Å². The number of nitrogens with one attached hydrogen (secondary N) is 3. The van der Waals surface area contributed by atoms with E-state index in [2.05, 4.69) is 34.4 Å². The van der Waals surface area contributed by atoms with Crippen LogP contribution >= 0.6 is 0 Å². The van der Waals surface area contributed by atoms with Crippen molar-refractivity contribution in [3.05, 3.63) is 52.1 Å². The number of hydrogen-bond acceptors (Lipinski definition) is 3. The summed E-state index contributed by atoms with van der Waals surface area (Å²) in [7, 11) is 0. The van der Waals surface area contributed by atoms with Crippen molar-refractivity contribution in [2.75, 3.05) is 31.5 Å². The number of anilines is 1. The number of nitrogens with zero attached hydrogens (tertiary/aromatic N) is 1.